The maximum Gasteiger partial charge on any atom is 0.384 e. The van der Waals surface area contributed by atoms with Gasteiger partial charge in [-0.25, -0.2) is 4.79 Å². The van der Waals surface area contributed by atoms with Crippen LogP contribution in [0.15, 0.2) is 24.3 Å². The smallest absolute Gasteiger partial charge is 0.384 e. The summed E-state index contributed by atoms with van der Waals surface area (Å²) in [7, 11) is 1.30. The average Bonchev–Trinajstić information content (AvgIpc) is 2.90. The van der Waals surface area contributed by atoms with Crippen LogP contribution in [0.3, 0.4) is 0 Å². The van der Waals surface area contributed by atoms with Crippen molar-refractivity contribution >= 4 is 5.97 Å². The number of rotatable bonds is 1. The van der Waals surface area contributed by atoms with E-state index in [1.165, 1.54) is 7.11 Å². The van der Waals surface area contributed by atoms with Gasteiger partial charge >= 0.3 is 5.97 Å². The molecule has 1 aliphatic heterocycles. The van der Waals surface area contributed by atoms with E-state index in [9.17, 15) is 4.79 Å². The number of hydrogen-bond donors (Lipinski definition) is 0. The van der Waals surface area contributed by atoms with E-state index in [-0.39, 0.29) is 0 Å². The van der Waals surface area contributed by atoms with Gasteiger partial charge in [-0.15, -0.1) is 0 Å². The van der Waals surface area contributed by atoms with Gasteiger partial charge in [0.15, 0.2) is 6.29 Å². The van der Waals surface area contributed by atoms with Crippen LogP contribution < -0.4 is 0 Å². The number of benzene rings is 1. The van der Waals surface area contributed by atoms with Crippen molar-refractivity contribution in [1.29, 1.82) is 0 Å². The molecule has 1 saturated heterocycles. The Morgan fingerprint density at radius 1 is 1.35 bits per heavy atom. The summed E-state index contributed by atoms with van der Waals surface area (Å²) in [5.41, 5.74) is 1.55. The quantitative estimate of drug-likeness (QED) is 0.540. The van der Waals surface area contributed by atoms with Crippen LogP contribution in [0.25, 0.3) is 0 Å². The number of ether oxygens (including phenoxy) is 3. The number of methoxy groups -OCH3 is 1. The third-order valence-electron chi connectivity index (χ3n) is 2.32. The standard InChI is InChI=1S/C13H12O4/c1-15-12(14)7-6-10-4-2-3-5-11(10)13-16-8-9-17-13/h2-5,13H,8-9H2,1H3. The summed E-state index contributed by atoms with van der Waals surface area (Å²) >= 11 is 0. The van der Waals surface area contributed by atoms with Crippen molar-refractivity contribution in [3.63, 3.8) is 0 Å². The fourth-order valence-corrected chi connectivity index (χ4v) is 1.52. The molecule has 4 heteroatoms. The summed E-state index contributed by atoms with van der Waals surface area (Å²) in [6.07, 6.45) is -0.391. The van der Waals surface area contributed by atoms with E-state index in [0.29, 0.717) is 18.8 Å². The van der Waals surface area contributed by atoms with Crippen LogP contribution in [0.1, 0.15) is 17.4 Å². The van der Waals surface area contributed by atoms with Crippen LogP contribution in [0.5, 0.6) is 0 Å². The van der Waals surface area contributed by atoms with Crippen LogP contribution in [-0.4, -0.2) is 26.3 Å². The predicted molar refractivity (Wildman–Crippen MR) is 60.0 cm³/mol. The van der Waals surface area contributed by atoms with Crippen molar-refractivity contribution in [2.45, 2.75) is 6.29 Å². The van der Waals surface area contributed by atoms with Crippen molar-refractivity contribution in [2.75, 3.05) is 20.3 Å². The number of carbonyl (C=O) groups excluding carboxylic acids is 1. The summed E-state index contributed by atoms with van der Waals surface area (Å²) < 4.78 is 15.3. The minimum atomic E-state index is -0.562. The number of esters is 1. The molecule has 0 atom stereocenters. The number of hydrogen-bond acceptors (Lipinski definition) is 4. The molecule has 1 aliphatic rings. The second kappa shape index (κ2) is 5.48. The molecule has 0 aliphatic carbocycles. The highest BCUT2D eigenvalue weighted by Gasteiger charge is 2.20. The fraction of sp³-hybridized carbons (Fsp3) is 0.308. The van der Waals surface area contributed by atoms with E-state index in [0.717, 1.165) is 5.56 Å². The maximum atomic E-state index is 11.0. The molecule has 2 rings (SSSR count). The largest absolute Gasteiger partial charge is 0.459 e. The van der Waals surface area contributed by atoms with Crippen molar-refractivity contribution in [2.24, 2.45) is 0 Å². The number of carbonyl (C=O) groups is 1. The van der Waals surface area contributed by atoms with Crippen LogP contribution in [0.4, 0.5) is 0 Å². The molecular formula is C13H12O4. The SMILES string of the molecule is COC(=O)C#Cc1ccccc1C1OCCO1. The van der Waals surface area contributed by atoms with E-state index in [1.807, 2.05) is 24.3 Å². The Balaban J connectivity index is 2.26. The van der Waals surface area contributed by atoms with Crippen LogP contribution in [0, 0.1) is 11.8 Å². The molecule has 0 N–H and O–H groups in total. The van der Waals surface area contributed by atoms with Crippen molar-refractivity contribution < 1.29 is 19.0 Å². The first-order chi connectivity index (χ1) is 8.31. The molecule has 0 spiro atoms. The molecule has 1 fully saturated rings. The van der Waals surface area contributed by atoms with Crippen LogP contribution in [-0.2, 0) is 19.0 Å². The van der Waals surface area contributed by atoms with E-state index >= 15 is 0 Å². The first-order valence-corrected chi connectivity index (χ1v) is 5.23. The first kappa shape index (κ1) is 11.6. The lowest BCUT2D eigenvalue weighted by Gasteiger charge is -2.10. The Kier molecular flexibility index (Phi) is 3.76. The van der Waals surface area contributed by atoms with E-state index < -0.39 is 12.3 Å². The van der Waals surface area contributed by atoms with Gasteiger partial charge in [-0.3, -0.25) is 0 Å². The van der Waals surface area contributed by atoms with Gasteiger partial charge in [-0.05, 0) is 6.07 Å². The minimum Gasteiger partial charge on any atom is -0.459 e. The molecule has 0 radical (unpaired) electrons. The fourth-order valence-electron chi connectivity index (χ4n) is 1.52. The molecule has 1 aromatic carbocycles. The van der Waals surface area contributed by atoms with Crippen LogP contribution in [0.2, 0.25) is 0 Å². The van der Waals surface area contributed by atoms with Gasteiger partial charge < -0.3 is 14.2 Å². The molecule has 88 valence electrons. The lowest BCUT2D eigenvalue weighted by molar-refractivity contribution is -0.133. The first-order valence-electron chi connectivity index (χ1n) is 5.23. The Morgan fingerprint density at radius 2 is 2.06 bits per heavy atom. The molecule has 4 nitrogen and oxygen atoms in total. The summed E-state index contributed by atoms with van der Waals surface area (Å²) in [6.45, 7) is 1.15. The molecule has 0 bridgehead atoms. The van der Waals surface area contributed by atoms with Crippen molar-refractivity contribution in [1.82, 2.24) is 0 Å². The van der Waals surface area contributed by atoms with Gasteiger partial charge in [0.05, 0.1) is 20.3 Å². The molecular weight excluding hydrogens is 220 g/mol. The zero-order valence-electron chi connectivity index (χ0n) is 9.43. The Labute approximate surface area is 99.5 Å². The summed E-state index contributed by atoms with van der Waals surface area (Å²) in [5, 5.41) is 0. The highest BCUT2D eigenvalue weighted by Crippen LogP contribution is 2.25. The second-order valence-corrected chi connectivity index (χ2v) is 3.40. The topological polar surface area (TPSA) is 44.8 Å². The Bertz CT molecular complexity index is 464. The lowest BCUT2D eigenvalue weighted by Crippen LogP contribution is -2.01. The third-order valence-corrected chi connectivity index (χ3v) is 2.32. The van der Waals surface area contributed by atoms with Gasteiger partial charge in [0.1, 0.15) is 0 Å². The van der Waals surface area contributed by atoms with E-state index in [4.69, 9.17) is 9.47 Å². The van der Waals surface area contributed by atoms with E-state index in [2.05, 4.69) is 16.6 Å². The molecule has 17 heavy (non-hydrogen) atoms. The van der Waals surface area contributed by atoms with Gasteiger partial charge in [-0.1, -0.05) is 24.1 Å². The lowest BCUT2D eigenvalue weighted by atomic mass is 10.1. The second-order valence-electron chi connectivity index (χ2n) is 3.40. The van der Waals surface area contributed by atoms with E-state index in [1.54, 1.807) is 0 Å². The van der Waals surface area contributed by atoms with Crippen LogP contribution >= 0.6 is 0 Å². The summed E-state index contributed by atoms with van der Waals surface area (Å²) in [4.78, 5) is 11.0. The molecule has 0 unspecified atom stereocenters. The summed E-state index contributed by atoms with van der Waals surface area (Å²) in [6, 6.07) is 7.41. The zero-order chi connectivity index (χ0) is 12.1. The van der Waals surface area contributed by atoms with Gasteiger partial charge in [0, 0.05) is 17.0 Å². The van der Waals surface area contributed by atoms with Gasteiger partial charge in [-0.2, -0.15) is 0 Å². The Hall–Kier alpha value is -1.83. The predicted octanol–water partition coefficient (Wildman–Crippen LogP) is 1.26. The summed E-state index contributed by atoms with van der Waals surface area (Å²) in [5.74, 6) is 4.58. The molecule has 1 aromatic rings. The van der Waals surface area contributed by atoms with Crippen molar-refractivity contribution in [3.8, 4) is 11.8 Å². The normalized spacial score (nSPS) is 15.1. The zero-order valence-corrected chi connectivity index (χ0v) is 9.43. The monoisotopic (exact) mass is 232 g/mol. The Morgan fingerprint density at radius 3 is 2.76 bits per heavy atom. The maximum absolute atomic E-state index is 11.0. The average molecular weight is 232 g/mol. The molecule has 0 aromatic heterocycles. The molecule has 0 amide bonds. The third kappa shape index (κ3) is 2.84. The van der Waals surface area contributed by atoms with Crippen molar-refractivity contribution in [3.05, 3.63) is 35.4 Å². The minimum absolute atomic E-state index is 0.391. The van der Waals surface area contributed by atoms with Gasteiger partial charge in [0.2, 0.25) is 0 Å². The van der Waals surface area contributed by atoms with Gasteiger partial charge in [0.25, 0.3) is 0 Å². The molecule has 1 heterocycles. The molecule has 0 saturated carbocycles. The highest BCUT2D eigenvalue weighted by molar-refractivity contribution is 5.89. The highest BCUT2D eigenvalue weighted by atomic mass is 16.7.